The molecule has 4 N–H and O–H groups in total. The van der Waals surface area contributed by atoms with Gasteiger partial charge in [-0.1, -0.05) is 35.5 Å². The average Bonchev–Trinajstić information content (AvgIpc) is 3.65. The number of nitrogens with one attached hydrogen (secondary N) is 3. The van der Waals surface area contributed by atoms with Crippen LogP contribution in [0.1, 0.15) is 52.7 Å². The van der Waals surface area contributed by atoms with E-state index in [0.717, 1.165) is 50.3 Å². The van der Waals surface area contributed by atoms with Gasteiger partial charge in [-0.3, -0.25) is 4.79 Å². The smallest absolute Gasteiger partial charge is 0.261 e. The summed E-state index contributed by atoms with van der Waals surface area (Å²) >= 11 is 0. The molecule has 204 valence electrons. The monoisotopic (exact) mass is 539 g/mol. The third-order valence-electron chi connectivity index (χ3n) is 8.24. The highest BCUT2D eigenvalue weighted by atomic mass is 16.5. The van der Waals surface area contributed by atoms with Crippen molar-refractivity contribution in [1.29, 1.82) is 0 Å². The van der Waals surface area contributed by atoms with Crippen molar-refractivity contribution >= 4 is 23.4 Å². The maximum absolute atomic E-state index is 11.9. The van der Waals surface area contributed by atoms with Crippen LogP contribution in [-0.2, 0) is 12.0 Å². The molecule has 1 atom stereocenters. The molecule has 0 unspecified atom stereocenters. The molecule has 40 heavy (non-hydrogen) atoms. The van der Waals surface area contributed by atoms with E-state index in [2.05, 4.69) is 41.0 Å². The second-order valence-electron chi connectivity index (χ2n) is 10.6. The number of piperidine rings is 3. The number of hydrogen-bond donors (Lipinski definition) is 4. The fraction of sp³-hybridized carbons (Fsp3) is 0.357. The Bertz CT molecular complexity index is 1540. The van der Waals surface area contributed by atoms with Crippen molar-refractivity contribution in [2.75, 3.05) is 36.9 Å². The third kappa shape index (κ3) is 4.44. The molecule has 12 nitrogen and oxygen atoms in total. The summed E-state index contributed by atoms with van der Waals surface area (Å²) in [5, 5.41) is 24.0. The molecule has 0 saturated carbocycles. The van der Waals surface area contributed by atoms with Crippen LogP contribution < -0.4 is 16.0 Å². The van der Waals surface area contributed by atoms with Crippen LogP contribution in [0.4, 0.5) is 17.5 Å². The number of nitrogens with zero attached hydrogens (tertiary/aromatic N) is 6. The molecule has 4 aromatic rings. The Hall–Kier alpha value is -4.42. The van der Waals surface area contributed by atoms with Gasteiger partial charge in [-0.05, 0) is 44.5 Å². The van der Waals surface area contributed by atoms with Gasteiger partial charge in [0.2, 0.25) is 5.95 Å². The first-order chi connectivity index (χ1) is 19.6. The summed E-state index contributed by atoms with van der Waals surface area (Å²) in [7, 11) is 0. The standard InChI is InChI=1S/C28H29N9O3/c38-16-22(17-4-2-1-3-5-17)32-20-12-23(34-27-31-13-18-21(33-27)15-30-24(18)39)29-14-19(20)25-35-26(36-40-25)28-6-9-37(10-7-28)11-8-28/h1-5,12-14,22,38H,6-11,15-16H2,(H,30,39)(H2,29,31,32,33,34)/t22-/m1/s1. The maximum Gasteiger partial charge on any atom is 0.261 e. The number of rotatable bonds is 8. The SMILES string of the molecule is O=C1NCc2nc(Nc3cc(N[C@H](CO)c4ccccc4)c(-c4nc(C56CCN(CC5)CC6)no4)cn3)ncc21. The van der Waals surface area contributed by atoms with Crippen molar-refractivity contribution in [3.63, 3.8) is 0 Å². The minimum Gasteiger partial charge on any atom is -0.394 e. The summed E-state index contributed by atoms with van der Waals surface area (Å²) in [6.45, 7) is 3.41. The molecule has 12 heteroatoms. The maximum atomic E-state index is 11.9. The quantitative estimate of drug-likeness (QED) is 0.261. The van der Waals surface area contributed by atoms with Crippen molar-refractivity contribution in [3.8, 4) is 11.5 Å². The molecule has 3 aromatic heterocycles. The number of fused-ring (bicyclic) bond motifs is 4. The van der Waals surface area contributed by atoms with E-state index in [1.807, 2.05) is 36.4 Å². The Morgan fingerprint density at radius 1 is 1.05 bits per heavy atom. The van der Waals surface area contributed by atoms with Gasteiger partial charge < -0.3 is 30.5 Å². The first-order valence-electron chi connectivity index (χ1n) is 13.5. The molecular weight excluding hydrogens is 510 g/mol. The highest BCUT2D eigenvalue weighted by Gasteiger charge is 2.44. The lowest BCUT2D eigenvalue weighted by Crippen LogP contribution is -2.51. The van der Waals surface area contributed by atoms with Gasteiger partial charge in [0, 0.05) is 23.9 Å². The number of carbonyl (C=O) groups is 1. The molecule has 2 bridgehead atoms. The van der Waals surface area contributed by atoms with Crippen molar-refractivity contribution < 1.29 is 14.4 Å². The van der Waals surface area contributed by atoms with Gasteiger partial charge in [0.05, 0.1) is 41.7 Å². The average molecular weight is 540 g/mol. The summed E-state index contributed by atoms with van der Waals surface area (Å²) in [5.41, 5.74) is 3.28. The predicted molar refractivity (Wildman–Crippen MR) is 146 cm³/mol. The Labute approximate surface area is 230 Å². The van der Waals surface area contributed by atoms with Crippen LogP contribution in [-0.4, -0.2) is 67.2 Å². The fourth-order valence-electron chi connectivity index (χ4n) is 5.81. The Kier molecular flexibility index (Phi) is 6.13. The van der Waals surface area contributed by atoms with Gasteiger partial charge in [0.25, 0.3) is 11.8 Å². The zero-order valence-corrected chi connectivity index (χ0v) is 21.8. The number of pyridine rings is 1. The van der Waals surface area contributed by atoms with Crippen LogP contribution in [0.25, 0.3) is 11.5 Å². The number of aromatic nitrogens is 5. The van der Waals surface area contributed by atoms with Crippen LogP contribution in [0.2, 0.25) is 0 Å². The Morgan fingerprint density at radius 3 is 2.60 bits per heavy atom. The molecule has 0 radical (unpaired) electrons. The third-order valence-corrected chi connectivity index (χ3v) is 8.24. The van der Waals surface area contributed by atoms with E-state index in [-0.39, 0.29) is 24.0 Å². The molecule has 1 aromatic carbocycles. The molecule has 8 rings (SSSR count). The summed E-state index contributed by atoms with van der Waals surface area (Å²) in [5.74, 6) is 1.76. The molecule has 4 aliphatic rings. The molecule has 7 heterocycles. The molecule has 4 aliphatic heterocycles. The molecular formula is C28H29N9O3. The molecule has 3 saturated heterocycles. The summed E-state index contributed by atoms with van der Waals surface area (Å²) in [6.07, 6.45) is 6.26. The van der Waals surface area contributed by atoms with E-state index >= 15 is 0 Å². The highest BCUT2D eigenvalue weighted by Crippen LogP contribution is 2.42. The molecule has 0 spiro atoms. The topological polar surface area (TPSA) is 154 Å². The first-order valence-corrected chi connectivity index (χ1v) is 13.5. The van der Waals surface area contributed by atoms with E-state index in [0.29, 0.717) is 46.7 Å². The van der Waals surface area contributed by atoms with Gasteiger partial charge in [-0.25, -0.2) is 15.0 Å². The van der Waals surface area contributed by atoms with Crippen molar-refractivity contribution in [1.82, 2.24) is 35.3 Å². The number of hydrogen-bond acceptors (Lipinski definition) is 11. The lowest BCUT2D eigenvalue weighted by Gasteiger charge is -2.46. The van der Waals surface area contributed by atoms with Gasteiger partial charge in [0.1, 0.15) is 5.82 Å². The van der Waals surface area contributed by atoms with Crippen LogP contribution in [0.15, 0.2) is 53.3 Å². The number of amides is 1. The van der Waals surface area contributed by atoms with E-state index < -0.39 is 0 Å². The minimum absolute atomic E-state index is 0.0438. The lowest BCUT2D eigenvalue weighted by molar-refractivity contribution is 0.0747. The Balaban J connectivity index is 1.22. The molecule has 1 amide bonds. The van der Waals surface area contributed by atoms with Crippen LogP contribution in [0.5, 0.6) is 0 Å². The van der Waals surface area contributed by atoms with Crippen molar-refractivity contribution in [2.45, 2.75) is 37.3 Å². The second-order valence-corrected chi connectivity index (χ2v) is 10.6. The fourth-order valence-corrected chi connectivity index (χ4v) is 5.81. The van der Waals surface area contributed by atoms with Crippen molar-refractivity contribution in [3.05, 3.63) is 71.4 Å². The van der Waals surface area contributed by atoms with E-state index in [4.69, 9.17) is 9.51 Å². The minimum atomic E-state index is -0.382. The lowest BCUT2D eigenvalue weighted by atomic mass is 9.71. The van der Waals surface area contributed by atoms with Gasteiger partial charge >= 0.3 is 0 Å². The normalized spacial score (nSPS) is 22.0. The Morgan fingerprint density at radius 2 is 1.82 bits per heavy atom. The number of anilines is 3. The number of benzene rings is 1. The summed E-state index contributed by atoms with van der Waals surface area (Å²) < 4.78 is 5.83. The molecule has 3 fully saturated rings. The molecule has 0 aliphatic carbocycles. The zero-order chi connectivity index (χ0) is 27.1. The second kappa shape index (κ2) is 9.96. The zero-order valence-electron chi connectivity index (χ0n) is 21.8. The number of aliphatic hydroxyl groups excluding tert-OH is 1. The predicted octanol–water partition coefficient (Wildman–Crippen LogP) is 2.79. The number of aliphatic hydroxyl groups is 1. The van der Waals surface area contributed by atoms with E-state index in [1.54, 1.807) is 6.20 Å². The van der Waals surface area contributed by atoms with E-state index in [1.165, 1.54) is 6.20 Å². The van der Waals surface area contributed by atoms with Crippen LogP contribution in [0, 0.1) is 0 Å². The summed E-state index contributed by atoms with van der Waals surface area (Å²) in [6, 6.07) is 11.2. The van der Waals surface area contributed by atoms with Gasteiger partial charge in [0.15, 0.2) is 5.82 Å². The van der Waals surface area contributed by atoms with Gasteiger partial charge in [-0.2, -0.15) is 4.98 Å². The van der Waals surface area contributed by atoms with Gasteiger partial charge in [-0.15, -0.1) is 0 Å². The first kappa shape index (κ1) is 24.6. The number of carbonyl (C=O) groups excluding carboxylic acids is 1. The highest BCUT2D eigenvalue weighted by molar-refractivity contribution is 5.97. The van der Waals surface area contributed by atoms with Crippen molar-refractivity contribution in [2.24, 2.45) is 0 Å². The summed E-state index contributed by atoms with van der Waals surface area (Å²) in [4.78, 5) is 32.6. The van der Waals surface area contributed by atoms with Crippen LogP contribution in [0.3, 0.4) is 0 Å². The largest absolute Gasteiger partial charge is 0.394 e. The van der Waals surface area contributed by atoms with E-state index in [9.17, 15) is 9.90 Å². The van der Waals surface area contributed by atoms with Crippen LogP contribution >= 0.6 is 0 Å².